The summed E-state index contributed by atoms with van der Waals surface area (Å²) in [5.41, 5.74) is 1.22. The predicted octanol–water partition coefficient (Wildman–Crippen LogP) is 0.890. The summed E-state index contributed by atoms with van der Waals surface area (Å²) in [5, 5.41) is 10.2. The van der Waals surface area contributed by atoms with E-state index < -0.39 is 0 Å². The molecule has 1 aliphatic rings. The Bertz CT molecular complexity index is 390. The molecule has 19 heavy (non-hydrogen) atoms. The van der Waals surface area contributed by atoms with E-state index in [1.165, 1.54) is 18.4 Å². The molecule has 0 saturated heterocycles. The van der Waals surface area contributed by atoms with Gasteiger partial charge in [0.15, 0.2) is 0 Å². The first-order chi connectivity index (χ1) is 8.74. The zero-order valence-electron chi connectivity index (χ0n) is 11.4. The van der Waals surface area contributed by atoms with Gasteiger partial charge < -0.3 is 10.6 Å². The number of aryl methyl sites for hydroxylation is 2. The van der Waals surface area contributed by atoms with E-state index in [9.17, 15) is 4.79 Å². The fourth-order valence-corrected chi connectivity index (χ4v) is 1.90. The van der Waals surface area contributed by atoms with Crippen LogP contribution in [0.1, 0.15) is 24.8 Å². The Balaban J connectivity index is 0.00000180. The van der Waals surface area contributed by atoms with Crippen molar-refractivity contribution in [2.24, 2.45) is 13.0 Å². The first kappa shape index (κ1) is 16.0. The molecule has 1 saturated carbocycles. The average molecular weight is 287 g/mol. The van der Waals surface area contributed by atoms with Crippen molar-refractivity contribution in [1.82, 2.24) is 20.4 Å². The first-order valence-corrected chi connectivity index (χ1v) is 6.69. The standard InChI is InChI=1S/C13H22N4O.ClH/c1-17-10-12(8-16-17)3-2-6-15-13(18)9-14-7-11-4-5-11;/h8,10-11,14H,2-7,9H2,1H3,(H,15,18);1H. The van der Waals surface area contributed by atoms with Crippen LogP contribution in [0.15, 0.2) is 12.4 Å². The molecule has 0 bridgehead atoms. The van der Waals surface area contributed by atoms with Gasteiger partial charge >= 0.3 is 0 Å². The van der Waals surface area contributed by atoms with Crippen molar-refractivity contribution in [3.63, 3.8) is 0 Å². The highest BCUT2D eigenvalue weighted by Crippen LogP contribution is 2.27. The van der Waals surface area contributed by atoms with Crippen molar-refractivity contribution in [3.05, 3.63) is 18.0 Å². The van der Waals surface area contributed by atoms with Gasteiger partial charge in [-0.05, 0) is 43.7 Å². The van der Waals surface area contributed by atoms with E-state index in [0.29, 0.717) is 6.54 Å². The van der Waals surface area contributed by atoms with Crippen LogP contribution in [-0.4, -0.2) is 35.3 Å². The van der Waals surface area contributed by atoms with Crippen LogP contribution in [0, 0.1) is 5.92 Å². The Kier molecular flexibility index (Phi) is 6.87. The summed E-state index contributed by atoms with van der Waals surface area (Å²) in [5.74, 6) is 0.921. The van der Waals surface area contributed by atoms with Crippen molar-refractivity contribution in [1.29, 1.82) is 0 Å². The number of hydrogen-bond acceptors (Lipinski definition) is 3. The second-order valence-electron chi connectivity index (χ2n) is 5.05. The van der Waals surface area contributed by atoms with Crippen molar-refractivity contribution in [2.75, 3.05) is 19.6 Å². The molecule has 1 aliphatic carbocycles. The van der Waals surface area contributed by atoms with E-state index in [4.69, 9.17) is 0 Å². The maximum absolute atomic E-state index is 11.5. The number of aromatic nitrogens is 2. The molecular weight excluding hydrogens is 264 g/mol. The molecule has 0 atom stereocenters. The molecule has 2 rings (SSSR count). The van der Waals surface area contributed by atoms with Gasteiger partial charge in [-0.25, -0.2) is 0 Å². The minimum atomic E-state index is 0. The molecule has 0 aromatic carbocycles. The van der Waals surface area contributed by atoms with Crippen LogP contribution < -0.4 is 10.6 Å². The number of nitrogens with one attached hydrogen (secondary N) is 2. The monoisotopic (exact) mass is 286 g/mol. The zero-order chi connectivity index (χ0) is 12.8. The summed E-state index contributed by atoms with van der Waals surface area (Å²) in [6.07, 6.45) is 8.45. The summed E-state index contributed by atoms with van der Waals surface area (Å²) in [7, 11) is 1.91. The molecule has 1 aromatic heterocycles. The van der Waals surface area contributed by atoms with Crippen LogP contribution in [0.5, 0.6) is 0 Å². The normalized spacial score (nSPS) is 13.9. The second kappa shape index (κ2) is 8.17. The minimum Gasteiger partial charge on any atom is -0.355 e. The van der Waals surface area contributed by atoms with Gasteiger partial charge in [0, 0.05) is 19.8 Å². The van der Waals surface area contributed by atoms with E-state index in [1.54, 1.807) is 4.68 Å². The SMILES string of the molecule is Cl.Cn1cc(CCCNC(=O)CNCC2CC2)cn1. The third kappa shape index (κ3) is 6.59. The smallest absolute Gasteiger partial charge is 0.233 e. The molecule has 108 valence electrons. The summed E-state index contributed by atoms with van der Waals surface area (Å²) in [4.78, 5) is 11.5. The summed E-state index contributed by atoms with van der Waals surface area (Å²) in [6.45, 7) is 2.17. The molecule has 5 nitrogen and oxygen atoms in total. The fraction of sp³-hybridized carbons (Fsp3) is 0.692. The van der Waals surface area contributed by atoms with E-state index >= 15 is 0 Å². The highest BCUT2D eigenvalue weighted by Gasteiger charge is 2.20. The topological polar surface area (TPSA) is 59.0 Å². The van der Waals surface area contributed by atoms with E-state index in [2.05, 4.69) is 15.7 Å². The molecule has 6 heteroatoms. The average Bonchev–Trinajstić information content (AvgIpc) is 3.07. The lowest BCUT2D eigenvalue weighted by Crippen LogP contribution is -2.35. The Morgan fingerprint density at radius 1 is 1.53 bits per heavy atom. The largest absolute Gasteiger partial charge is 0.355 e. The highest BCUT2D eigenvalue weighted by molar-refractivity contribution is 5.85. The number of carbonyl (C=O) groups is 1. The maximum Gasteiger partial charge on any atom is 0.233 e. The van der Waals surface area contributed by atoms with Crippen molar-refractivity contribution in [2.45, 2.75) is 25.7 Å². The predicted molar refractivity (Wildman–Crippen MR) is 77.4 cm³/mol. The first-order valence-electron chi connectivity index (χ1n) is 6.69. The van der Waals surface area contributed by atoms with Gasteiger partial charge in [0.2, 0.25) is 5.91 Å². The number of nitrogens with zero attached hydrogens (tertiary/aromatic N) is 2. The van der Waals surface area contributed by atoms with Gasteiger partial charge in [-0.1, -0.05) is 0 Å². The van der Waals surface area contributed by atoms with Crippen LogP contribution >= 0.6 is 12.4 Å². The number of hydrogen-bond donors (Lipinski definition) is 2. The molecule has 1 aromatic rings. The molecule has 0 aliphatic heterocycles. The Morgan fingerprint density at radius 3 is 2.95 bits per heavy atom. The quantitative estimate of drug-likeness (QED) is 0.698. The van der Waals surface area contributed by atoms with Gasteiger partial charge in [0.05, 0.1) is 12.7 Å². The van der Waals surface area contributed by atoms with Crippen LogP contribution in [-0.2, 0) is 18.3 Å². The van der Waals surface area contributed by atoms with Gasteiger partial charge in [-0.3, -0.25) is 9.48 Å². The molecule has 0 unspecified atom stereocenters. The van der Waals surface area contributed by atoms with E-state index in [-0.39, 0.29) is 18.3 Å². The molecule has 2 N–H and O–H groups in total. The molecule has 0 spiro atoms. The van der Waals surface area contributed by atoms with Gasteiger partial charge in [0.1, 0.15) is 0 Å². The molecule has 0 radical (unpaired) electrons. The summed E-state index contributed by atoms with van der Waals surface area (Å²) in [6, 6.07) is 0. The van der Waals surface area contributed by atoms with Gasteiger partial charge in [0.25, 0.3) is 0 Å². The van der Waals surface area contributed by atoms with Crippen LogP contribution in [0.4, 0.5) is 0 Å². The molecule has 1 fully saturated rings. The summed E-state index contributed by atoms with van der Waals surface area (Å²) < 4.78 is 1.80. The lowest BCUT2D eigenvalue weighted by atomic mass is 10.2. The third-order valence-corrected chi connectivity index (χ3v) is 3.14. The van der Waals surface area contributed by atoms with Crippen molar-refractivity contribution >= 4 is 18.3 Å². The third-order valence-electron chi connectivity index (χ3n) is 3.14. The van der Waals surface area contributed by atoms with Crippen molar-refractivity contribution in [3.8, 4) is 0 Å². The molecule has 1 amide bonds. The lowest BCUT2D eigenvalue weighted by molar-refractivity contribution is -0.120. The van der Waals surface area contributed by atoms with Crippen LogP contribution in [0.2, 0.25) is 0 Å². The Labute approximate surface area is 120 Å². The Morgan fingerprint density at radius 2 is 2.32 bits per heavy atom. The maximum atomic E-state index is 11.5. The summed E-state index contributed by atoms with van der Waals surface area (Å²) >= 11 is 0. The van der Waals surface area contributed by atoms with Crippen LogP contribution in [0.3, 0.4) is 0 Å². The number of amides is 1. The molecular formula is C13H23ClN4O. The minimum absolute atomic E-state index is 0. The molecule has 1 heterocycles. The fourth-order valence-electron chi connectivity index (χ4n) is 1.90. The van der Waals surface area contributed by atoms with E-state index in [1.807, 2.05) is 19.4 Å². The van der Waals surface area contributed by atoms with Crippen molar-refractivity contribution < 1.29 is 4.79 Å². The highest BCUT2D eigenvalue weighted by atomic mass is 35.5. The Hall–Kier alpha value is -1.07. The number of carbonyl (C=O) groups excluding carboxylic acids is 1. The van der Waals surface area contributed by atoms with Gasteiger partial charge in [-0.15, -0.1) is 12.4 Å². The number of rotatable bonds is 8. The second-order valence-corrected chi connectivity index (χ2v) is 5.05. The lowest BCUT2D eigenvalue weighted by Gasteiger charge is -2.05. The van der Waals surface area contributed by atoms with Crippen LogP contribution in [0.25, 0.3) is 0 Å². The zero-order valence-corrected chi connectivity index (χ0v) is 12.2. The number of halogens is 1. The van der Waals surface area contributed by atoms with E-state index in [0.717, 1.165) is 31.8 Å². The van der Waals surface area contributed by atoms with Gasteiger partial charge in [-0.2, -0.15) is 5.10 Å².